The molecule has 0 aliphatic heterocycles. The third-order valence-corrected chi connectivity index (χ3v) is 4.08. The van der Waals surface area contributed by atoms with E-state index in [-0.39, 0.29) is 5.11 Å². The topological polar surface area (TPSA) is 68.2 Å². The fourth-order valence-corrected chi connectivity index (χ4v) is 2.66. The third-order valence-electron chi connectivity index (χ3n) is 3.99. The van der Waals surface area contributed by atoms with Crippen LogP contribution in [0.2, 0.25) is 0 Å². The van der Waals surface area contributed by atoms with Gasteiger partial charge in [0.2, 0.25) is 0 Å². The number of nitrogens with two attached hydrogens (primary N) is 1. The molecule has 0 aliphatic rings. The average Bonchev–Trinajstić information content (AvgIpc) is 3.06. The molecular formula is C20H21N5S. The van der Waals surface area contributed by atoms with Crippen molar-refractivity contribution >= 4 is 23.5 Å². The molecule has 0 spiro atoms. The summed E-state index contributed by atoms with van der Waals surface area (Å²) in [6.45, 7) is 4.36. The first-order valence-electron chi connectivity index (χ1n) is 8.38. The van der Waals surface area contributed by atoms with Crippen molar-refractivity contribution in [2.24, 2.45) is 10.8 Å². The average molecular weight is 363 g/mol. The van der Waals surface area contributed by atoms with Crippen LogP contribution in [-0.4, -0.2) is 21.1 Å². The van der Waals surface area contributed by atoms with Crippen molar-refractivity contribution in [3.63, 3.8) is 0 Å². The molecule has 1 heterocycles. The highest BCUT2D eigenvalue weighted by Gasteiger charge is 2.11. The molecule has 6 heteroatoms. The molecule has 26 heavy (non-hydrogen) atoms. The number of nitrogens with zero attached hydrogens (tertiary/aromatic N) is 3. The number of rotatable bonds is 5. The van der Waals surface area contributed by atoms with Crippen molar-refractivity contribution in [2.45, 2.75) is 19.8 Å². The fraction of sp³-hybridized carbons (Fsp3) is 0.150. The second-order valence-corrected chi connectivity index (χ2v) is 6.66. The van der Waals surface area contributed by atoms with E-state index in [0.29, 0.717) is 5.92 Å². The summed E-state index contributed by atoms with van der Waals surface area (Å²) in [6.07, 6.45) is 3.61. The normalized spacial score (nSPS) is 11.2. The molecular weight excluding hydrogens is 342 g/mol. The van der Waals surface area contributed by atoms with Gasteiger partial charge in [0.15, 0.2) is 5.11 Å². The highest BCUT2D eigenvalue weighted by atomic mass is 32.1. The molecule has 3 rings (SSSR count). The van der Waals surface area contributed by atoms with Gasteiger partial charge in [-0.1, -0.05) is 56.3 Å². The van der Waals surface area contributed by atoms with Gasteiger partial charge in [-0.25, -0.2) is 4.68 Å². The zero-order valence-electron chi connectivity index (χ0n) is 14.8. The molecule has 3 N–H and O–H groups in total. The molecule has 132 valence electrons. The van der Waals surface area contributed by atoms with Gasteiger partial charge in [-0.05, 0) is 35.8 Å². The Morgan fingerprint density at radius 1 is 1.15 bits per heavy atom. The van der Waals surface area contributed by atoms with Crippen LogP contribution >= 0.6 is 12.2 Å². The van der Waals surface area contributed by atoms with E-state index in [2.05, 4.69) is 48.6 Å². The second kappa shape index (κ2) is 7.93. The molecule has 5 nitrogen and oxygen atoms in total. The minimum atomic E-state index is 0.125. The largest absolute Gasteiger partial charge is 0.375 e. The standard InChI is InChI=1S/C20H21N5S/c1-14(2)15-8-10-16(11-9-15)19-17(12-22-23-20(21)26)13-25(24-19)18-6-4-3-5-7-18/h3-14H,1-2H3,(H3,21,23,26)/b22-12-. The van der Waals surface area contributed by atoms with Gasteiger partial charge in [0.05, 0.1) is 11.9 Å². The van der Waals surface area contributed by atoms with Crippen LogP contribution < -0.4 is 11.2 Å². The highest BCUT2D eigenvalue weighted by molar-refractivity contribution is 7.80. The smallest absolute Gasteiger partial charge is 0.184 e. The van der Waals surface area contributed by atoms with Gasteiger partial charge in [-0.15, -0.1) is 0 Å². The van der Waals surface area contributed by atoms with E-state index in [9.17, 15) is 0 Å². The minimum Gasteiger partial charge on any atom is -0.375 e. The molecule has 0 unspecified atom stereocenters. The summed E-state index contributed by atoms with van der Waals surface area (Å²) in [7, 11) is 0. The van der Waals surface area contributed by atoms with E-state index in [4.69, 9.17) is 23.1 Å². The number of hydrogen-bond acceptors (Lipinski definition) is 3. The molecule has 0 amide bonds. The van der Waals surface area contributed by atoms with Crippen molar-refractivity contribution < 1.29 is 0 Å². The number of para-hydroxylation sites is 1. The summed E-state index contributed by atoms with van der Waals surface area (Å²) in [6, 6.07) is 18.4. The summed E-state index contributed by atoms with van der Waals surface area (Å²) < 4.78 is 1.84. The molecule has 0 saturated heterocycles. The predicted octanol–water partition coefficient (Wildman–Crippen LogP) is 3.83. The maximum absolute atomic E-state index is 5.43. The maximum Gasteiger partial charge on any atom is 0.184 e. The Kier molecular flexibility index (Phi) is 5.43. The van der Waals surface area contributed by atoms with E-state index in [1.807, 2.05) is 41.2 Å². The van der Waals surface area contributed by atoms with Crippen LogP contribution in [0, 0.1) is 0 Å². The van der Waals surface area contributed by atoms with Gasteiger partial charge in [-0.3, -0.25) is 5.43 Å². The van der Waals surface area contributed by atoms with Crippen molar-refractivity contribution in [1.82, 2.24) is 15.2 Å². The van der Waals surface area contributed by atoms with Crippen LogP contribution in [0.3, 0.4) is 0 Å². The van der Waals surface area contributed by atoms with Gasteiger partial charge in [0.25, 0.3) is 0 Å². The minimum absolute atomic E-state index is 0.125. The van der Waals surface area contributed by atoms with E-state index < -0.39 is 0 Å². The third kappa shape index (κ3) is 4.15. The Bertz CT molecular complexity index is 911. The zero-order chi connectivity index (χ0) is 18.5. The molecule has 2 aromatic carbocycles. The summed E-state index contributed by atoms with van der Waals surface area (Å²) in [5, 5.41) is 8.97. The predicted molar refractivity (Wildman–Crippen MR) is 111 cm³/mol. The van der Waals surface area contributed by atoms with Crippen LogP contribution in [0.15, 0.2) is 65.9 Å². The molecule has 0 radical (unpaired) electrons. The van der Waals surface area contributed by atoms with E-state index in [1.54, 1.807) is 6.21 Å². The van der Waals surface area contributed by atoms with Crippen LogP contribution in [0.5, 0.6) is 0 Å². The summed E-state index contributed by atoms with van der Waals surface area (Å²) in [5.74, 6) is 0.488. The van der Waals surface area contributed by atoms with Gasteiger partial charge in [0, 0.05) is 17.3 Å². The lowest BCUT2D eigenvalue weighted by atomic mass is 10.00. The fourth-order valence-electron chi connectivity index (χ4n) is 2.61. The lowest BCUT2D eigenvalue weighted by molar-refractivity contribution is 0.866. The van der Waals surface area contributed by atoms with Gasteiger partial charge < -0.3 is 5.73 Å². The van der Waals surface area contributed by atoms with Crippen molar-refractivity contribution in [3.05, 3.63) is 71.9 Å². The molecule has 0 atom stereocenters. The Labute approximate surface area is 158 Å². The SMILES string of the molecule is CC(C)c1ccc(-c2nn(-c3ccccc3)cc2/C=N\NC(N)=S)cc1. The molecule has 0 bridgehead atoms. The number of hydrogen-bond donors (Lipinski definition) is 2. The lowest BCUT2D eigenvalue weighted by Crippen LogP contribution is -2.24. The first-order chi connectivity index (χ1) is 12.5. The Balaban J connectivity index is 2.02. The molecule has 0 aliphatic carbocycles. The van der Waals surface area contributed by atoms with Crippen LogP contribution in [0.4, 0.5) is 0 Å². The monoisotopic (exact) mass is 363 g/mol. The van der Waals surface area contributed by atoms with E-state index in [0.717, 1.165) is 22.5 Å². The lowest BCUT2D eigenvalue weighted by Gasteiger charge is -2.06. The van der Waals surface area contributed by atoms with Crippen LogP contribution in [-0.2, 0) is 0 Å². The summed E-state index contributed by atoms with van der Waals surface area (Å²) in [5.41, 5.74) is 13.0. The first kappa shape index (κ1) is 17.8. The van der Waals surface area contributed by atoms with Gasteiger partial charge in [0.1, 0.15) is 5.69 Å². The molecule has 0 saturated carbocycles. The molecule has 3 aromatic rings. The van der Waals surface area contributed by atoms with Crippen molar-refractivity contribution in [3.8, 4) is 16.9 Å². The Hall–Kier alpha value is -2.99. The molecule has 1 aromatic heterocycles. The van der Waals surface area contributed by atoms with Crippen molar-refractivity contribution in [1.29, 1.82) is 0 Å². The number of benzene rings is 2. The first-order valence-corrected chi connectivity index (χ1v) is 8.79. The summed E-state index contributed by atoms with van der Waals surface area (Å²) >= 11 is 4.79. The van der Waals surface area contributed by atoms with Gasteiger partial charge >= 0.3 is 0 Å². The number of thiocarbonyl (C=S) groups is 1. The van der Waals surface area contributed by atoms with E-state index in [1.165, 1.54) is 5.56 Å². The van der Waals surface area contributed by atoms with Gasteiger partial charge in [-0.2, -0.15) is 10.2 Å². The highest BCUT2D eigenvalue weighted by Crippen LogP contribution is 2.25. The van der Waals surface area contributed by atoms with Crippen LogP contribution in [0.25, 0.3) is 16.9 Å². The Morgan fingerprint density at radius 2 is 1.85 bits per heavy atom. The maximum atomic E-state index is 5.43. The number of nitrogens with one attached hydrogen (secondary N) is 1. The molecule has 0 fully saturated rings. The van der Waals surface area contributed by atoms with E-state index >= 15 is 0 Å². The van der Waals surface area contributed by atoms with Crippen LogP contribution in [0.1, 0.15) is 30.9 Å². The Morgan fingerprint density at radius 3 is 2.46 bits per heavy atom. The number of hydrazone groups is 1. The number of aromatic nitrogens is 2. The zero-order valence-corrected chi connectivity index (χ0v) is 15.6. The quantitative estimate of drug-likeness (QED) is 0.411. The second-order valence-electron chi connectivity index (χ2n) is 6.22. The summed E-state index contributed by atoms with van der Waals surface area (Å²) in [4.78, 5) is 0. The van der Waals surface area contributed by atoms with Crippen molar-refractivity contribution in [2.75, 3.05) is 0 Å².